The molecule has 0 saturated carbocycles. The molecule has 0 unspecified atom stereocenters. The number of nitrogens with zero attached hydrogens (tertiary/aromatic N) is 3. The van der Waals surface area contributed by atoms with Crippen molar-refractivity contribution in [2.45, 2.75) is 25.3 Å². The quantitative estimate of drug-likeness (QED) is 0.395. The van der Waals surface area contributed by atoms with Crippen molar-refractivity contribution in [1.82, 2.24) is 14.5 Å². The van der Waals surface area contributed by atoms with E-state index >= 15 is 0 Å². The Balaban J connectivity index is 1.21. The van der Waals surface area contributed by atoms with Gasteiger partial charge in [-0.3, -0.25) is 9.88 Å². The Morgan fingerprint density at radius 1 is 1.15 bits per heavy atom. The Bertz CT molecular complexity index is 1230. The third kappa shape index (κ3) is 4.79. The van der Waals surface area contributed by atoms with Crippen LogP contribution in [0.2, 0.25) is 0 Å². The van der Waals surface area contributed by atoms with E-state index in [9.17, 15) is 9.90 Å². The van der Waals surface area contributed by atoms with Crippen LogP contribution in [-0.2, 0) is 6.54 Å². The number of piperidine rings is 1. The summed E-state index contributed by atoms with van der Waals surface area (Å²) in [6.07, 6.45) is 8.41. The molecule has 0 aliphatic carbocycles. The van der Waals surface area contributed by atoms with E-state index in [1.54, 1.807) is 35.6 Å². The van der Waals surface area contributed by atoms with Gasteiger partial charge in [0.25, 0.3) is 0 Å². The molecule has 33 heavy (non-hydrogen) atoms. The number of hydrogen-bond donors (Lipinski definition) is 1. The summed E-state index contributed by atoms with van der Waals surface area (Å²) in [4.78, 5) is 19.5. The number of para-hydroxylation sites is 1. The van der Waals surface area contributed by atoms with Gasteiger partial charge in [-0.15, -0.1) is 11.3 Å². The molecule has 0 amide bonds. The van der Waals surface area contributed by atoms with Gasteiger partial charge in [-0.1, -0.05) is 18.2 Å². The summed E-state index contributed by atoms with van der Waals surface area (Å²) < 4.78 is 8.13. The zero-order valence-electron chi connectivity index (χ0n) is 18.4. The third-order valence-corrected chi connectivity index (χ3v) is 7.29. The van der Waals surface area contributed by atoms with E-state index in [1.807, 2.05) is 12.4 Å². The van der Waals surface area contributed by atoms with Crippen LogP contribution in [0.4, 0.5) is 0 Å². The molecule has 5 rings (SSSR count). The number of benzene rings is 1. The van der Waals surface area contributed by atoms with Crippen molar-refractivity contribution in [3.63, 3.8) is 0 Å². The highest BCUT2D eigenvalue weighted by molar-refractivity contribution is 7.09. The summed E-state index contributed by atoms with van der Waals surface area (Å²) in [5, 5.41) is 12.7. The number of ether oxygens (including phenoxy) is 1. The van der Waals surface area contributed by atoms with Gasteiger partial charge < -0.3 is 14.4 Å². The van der Waals surface area contributed by atoms with Crippen LogP contribution in [0.1, 0.15) is 39.6 Å². The molecule has 6 nitrogen and oxygen atoms in total. The summed E-state index contributed by atoms with van der Waals surface area (Å²) >= 11 is 1.79. The van der Waals surface area contributed by atoms with Gasteiger partial charge in [-0.25, -0.2) is 4.79 Å². The molecule has 1 aliphatic rings. The Morgan fingerprint density at radius 2 is 2.00 bits per heavy atom. The zero-order chi connectivity index (χ0) is 22.6. The fraction of sp³-hybridized carbons (Fsp3) is 0.308. The van der Waals surface area contributed by atoms with Gasteiger partial charge in [-0.05, 0) is 67.1 Å². The second-order valence-corrected chi connectivity index (χ2v) is 9.48. The molecule has 0 bridgehead atoms. The lowest BCUT2D eigenvalue weighted by atomic mass is 9.89. The van der Waals surface area contributed by atoms with Crippen molar-refractivity contribution in [3.8, 4) is 5.75 Å². The number of hydrogen-bond acceptors (Lipinski definition) is 5. The molecule has 1 aromatic carbocycles. The van der Waals surface area contributed by atoms with E-state index in [0.717, 1.165) is 39.0 Å². The standard InChI is InChI=1S/C26H27N3O3S/c30-26(31)22-5-1-2-6-25(22)32-14-13-28-11-8-19(9-12-28)23-18-29(17-20-4-3-15-33-20)24-16-27-10-7-21(23)24/h1-7,10,15-16,18-19H,8-9,11-14,17H2,(H,30,31). The van der Waals surface area contributed by atoms with Crippen LogP contribution in [-0.4, -0.2) is 51.8 Å². The monoisotopic (exact) mass is 461 g/mol. The number of aromatic nitrogens is 2. The third-order valence-electron chi connectivity index (χ3n) is 6.43. The van der Waals surface area contributed by atoms with E-state index in [1.165, 1.54) is 21.3 Å². The summed E-state index contributed by atoms with van der Waals surface area (Å²) in [6, 6.07) is 13.2. The van der Waals surface area contributed by atoms with Gasteiger partial charge in [0.05, 0.1) is 18.3 Å². The Labute approximate surface area is 197 Å². The minimum atomic E-state index is -0.958. The molecular formula is C26H27N3O3S. The minimum Gasteiger partial charge on any atom is -0.491 e. The zero-order valence-corrected chi connectivity index (χ0v) is 19.2. The summed E-state index contributed by atoms with van der Waals surface area (Å²) in [5.74, 6) is 0.0105. The largest absolute Gasteiger partial charge is 0.491 e. The number of thiophene rings is 1. The molecule has 0 spiro atoms. The smallest absolute Gasteiger partial charge is 0.339 e. The number of fused-ring (bicyclic) bond motifs is 1. The lowest BCUT2D eigenvalue weighted by molar-refractivity contribution is 0.0691. The lowest BCUT2D eigenvalue weighted by Crippen LogP contribution is -2.35. The highest BCUT2D eigenvalue weighted by atomic mass is 32.1. The Morgan fingerprint density at radius 3 is 2.79 bits per heavy atom. The van der Waals surface area contributed by atoms with Crippen LogP contribution in [0.25, 0.3) is 10.9 Å². The number of rotatable bonds is 8. The first kappa shape index (κ1) is 21.7. The average Bonchev–Trinajstić information content (AvgIpc) is 3.48. The molecule has 1 fully saturated rings. The number of carbonyl (C=O) groups is 1. The summed E-state index contributed by atoms with van der Waals surface area (Å²) in [5.41, 5.74) is 2.84. The molecule has 1 N–H and O–H groups in total. The highest BCUT2D eigenvalue weighted by Gasteiger charge is 2.24. The number of carboxylic acids is 1. The maximum atomic E-state index is 11.3. The number of aromatic carboxylic acids is 1. The summed E-state index contributed by atoms with van der Waals surface area (Å²) in [6.45, 7) is 4.19. The van der Waals surface area contributed by atoms with Crippen LogP contribution >= 0.6 is 11.3 Å². The van der Waals surface area contributed by atoms with E-state index in [0.29, 0.717) is 18.3 Å². The van der Waals surface area contributed by atoms with Crippen molar-refractivity contribution in [3.05, 3.63) is 82.4 Å². The van der Waals surface area contributed by atoms with E-state index in [2.05, 4.69) is 44.2 Å². The van der Waals surface area contributed by atoms with Gasteiger partial charge in [0.1, 0.15) is 17.9 Å². The highest BCUT2D eigenvalue weighted by Crippen LogP contribution is 2.34. The predicted molar refractivity (Wildman–Crippen MR) is 130 cm³/mol. The van der Waals surface area contributed by atoms with Crippen molar-refractivity contribution in [2.75, 3.05) is 26.2 Å². The Hall–Kier alpha value is -3.16. The number of likely N-dealkylation sites (tertiary alicyclic amines) is 1. The van der Waals surface area contributed by atoms with Crippen molar-refractivity contribution >= 4 is 28.2 Å². The van der Waals surface area contributed by atoms with E-state index in [4.69, 9.17) is 4.74 Å². The topological polar surface area (TPSA) is 67.6 Å². The predicted octanol–water partition coefficient (Wildman–Crippen LogP) is 5.10. The first-order chi connectivity index (χ1) is 16.2. The molecule has 170 valence electrons. The van der Waals surface area contributed by atoms with E-state index in [-0.39, 0.29) is 5.56 Å². The Kier molecular flexibility index (Phi) is 6.41. The van der Waals surface area contributed by atoms with Gasteiger partial charge in [0.15, 0.2) is 0 Å². The summed E-state index contributed by atoms with van der Waals surface area (Å²) in [7, 11) is 0. The molecule has 3 aromatic heterocycles. The van der Waals surface area contributed by atoms with Gasteiger partial charge >= 0.3 is 5.97 Å². The molecule has 1 saturated heterocycles. The van der Waals surface area contributed by atoms with Crippen molar-refractivity contribution < 1.29 is 14.6 Å². The minimum absolute atomic E-state index is 0.213. The second-order valence-electron chi connectivity index (χ2n) is 8.45. The van der Waals surface area contributed by atoms with Crippen LogP contribution in [0, 0.1) is 0 Å². The molecule has 4 aromatic rings. The van der Waals surface area contributed by atoms with Crippen LogP contribution in [0.15, 0.2) is 66.4 Å². The van der Waals surface area contributed by atoms with Gasteiger partial charge in [-0.2, -0.15) is 0 Å². The van der Waals surface area contributed by atoms with Crippen molar-refractivity contribution in [2.24, 2.45) is 0 Å². The van der Waals surface area contributed by atoms with Crippen molar-refractivity contribution in [1.29, 1.82) is 0 Å². The number of carboxylic acid groups (broad SMARTS) is 1. The second kappa shape index (κ2) is 9.77. The molecule has 0 radical (unpaired) electrons. The fourth-order valence-electron chi connectivity index (χ4n) is 4.71. The SMILES string of the molecule is O=C(O)c1ccccc1OCCN1CCC(c2cn(Cc3cccs3)c3cnccc23)CC1. The maximum absolute atomic E-state index is 11.3. The molecule has 4 heterocycles. The maximum Gasteiger partial charge on any atom is 0.339 e. The molecule has 0 atom stereocenters. The van der Waals surface area contributed by atoms with Gasteiger partial charge in [0.2, 0.25) is 0 Å². The fourth-order valence-corrected chi connectivity index (χ4v) is 5.42. The first-order valence-electron chi connectivity index (χ1n) is 11.3. The van der Waals surface area contributed by atoms with Crippen LogP contribution in [0.3, 0.4) is 0 Å². The van der Waals surface area contributed by atoms with Gasteiger partial charge in [0, 0.05) is 29.2 Å². The lowest BCUT2D eigenvalue weighted by Gasteiger charge is -2.31. The normalized spacial score (nSPS) is 15.2. The molecule has 7 heteroatoms. The first-order valence-corrected chi connectivity index (χ1v) is 12.2. The van der Waals surface area contributed by atoms with Crippen LogP contribution in [0.5, 0.6) is 5.75 Å². The van der Waals surface area contributed by atoms with Crippen LogP contribution < -0.4 is 4.74 Å². The number of pyridine rings is 1. The average molecular weight is 462 g/mol. The van der Waals surface area contributed by atoms with E-state index < -0.39 is 5.97 Å². The molecular weight excluding hydrogens is 434 g/mol. The molecule has 1 aliphatic heterocycles.